The van der Waals surface area contributed by atoms with Crippen LogP contribution < -0.4 is 10.1 Å². The number of nitrogens with one attached hydrogen (secondary N) is 1. The molecule has 0 heterocycles. The highest BCUT2D eigenvalue weighted by Gasteiger charge is 2.01. The first-order valence-corrected chi connectivity index (χ1v) is 5.55. The van der Waals surface area contributed by atoms with Crippen molar-refractivity contribution < 1.29 is 4.74 Å². The number of rotatable bonds is 4. The van der Waals surface area contributed by atoms with Gasteiger partial charge in [0, 0.05) is 0 Å². The van der Waals surface area contributed by atoms with Gasteiger partial charge in [-0.3, -0.25) is 0 Å². The zero-order valence-electron chi connectivity index (χ0n) is 9.79. The third-order valence-corrected chi connectivity index (χ3v) is 2.82. The van der Waals surface area contributed by atoms with E-state index >= 15 is 0 Å². The maximum absolute atomic E-state index is 5.27. The van der Waals surface area contributed by atoms with Crippen molar-refractivity contribution >= 4 is 10.8 Å². The molecule has 2 heteroatoms. The summed E-state index contributed by atoms with van der Waals surface area (Å²) >= 11 is 0. The molecule has 84 valence electrons. The summed E-state index contributed by atoms with van der Waals surface area (Å²) in [5.41, 5.74) is 1.37. The van der Waals surface area contributed by atoms with E-state index in [1.807, 2.05) is 13.1 Å². The predicted octanol–water partition coefficient (Wildman–Crippen LogP) is 2.61. The molecule has 1 N–H and O–H groups in total. The van der Waals surface area contributed by atoms with Crippen LogP contribution in [-0.2, 0) is 6.42 Å². The van der Waals surface area contributed by atoms with Crippen molar-refractivity contribution in [2.24, 2.45) is 0 Å². The molecule has 2 aromatic rings. The number of likely N-dealkylation sites (N-methyl/N-ethyl adjacent to an activating group) is 1. The summed E-state index contributed by atoms with van der Waals surface area (Å²) in [6, 6.07) is 12.7. The second kappa shape index (κ2) is 4.99. The smallest absolute Gasteiger partial charge is 0.119 e. The quantitative estimate of drug-likeness (QED) is 0.846. The van der Waals surface area contributed by atoms with Crippen LogP contribution in [0, 0.1) is 0 Å². The van der Waals surface area contributed by atoms with Gasteiger partial charge in [0.15, 0.2) is 0 Å². The van der Waals surface area contributed by atoms with E-state index in [1.165, 1.54) is 16.3 Å². The van der Waals surface area contributed by atoms with E-state index in [0.717, 1.165) is 18.7 Å². The van der Waals surface area contributed by atoms with E-state index in [1.54, 1.807) is 7.11 Å². The van der Waals surface area contributed by atoms with Crippen molar-refractivity contribution in [1.82, 2.24) is 5.32 Å². The highest BCUT2D eigenvalue weighted by atomic mass is 16.5. The van der Waals surface area contributed by atoms with Crippen molar-refractivity contribution in [2.75, 3.05) is 20.7 Å². The summed E-state index contributed by atoms with van der Waals surface area (Å²) in [5.74, 6) is 0.921. The summed E-state index contributed by atoms with van der Waals surface area (Å²) in [4.78, 5) is 0. The van der Waals surface area contributed by atoms with Crippen molar-refractivity contribution in [3.63, 3.8) is 0 Å². The molecule has 0 saturated heterocycles. The van der Waals surface area contributed by atoms with E-state index in [-0.39, 0.29) is 0 Å². The molecule has 0 atom stereocenters. The van der Waals surface area contributed by atoms with Crippen molar-refractivity contribution in [1.29, 1.82) is 0 Å². The first-order valence-electron chi connectivity index (χ1n) is 5.55. The van der Waals surface area contributed by atoms with Gasteiger partial charge in [0.25, 0.3) is 0 Å². The number of hydrogen-bond acceptors (Lipinski definition) is 2. The van der Waals surface area contributed by atoms with Crippen LogP contribution in [-0.4, -0.2) is 20.7 Å². The first-order chi connectivity index (χ1) is 7.85. The third-order valence-electron chi connectivity index (χ3n) is 2.82. The second-order valence-corrected chi connectivity index (χ2v) is 3.86. The molecule has 2 nitrogen and oxygen atoms in total. The number of methoxy groups -OCH3 is 1. The lowest BCUT2D eigenvalue weighted by molar-refractivity contribution is 0.415. The van der Waals surface area contributed by atoms with E-state index in [0.29, 0.717) is 0 Å². The Balaban J connectivity index is 2.46. The van der Waals surface area contributed by atoms with Crippen LogP contribution in [0.4, 0.5) is 0 Å². The molecular weight excluding hydrogens is 198 g/mol. The van der Waals surface area contributed by atoms with Crippen LogP contribution >= 0.6 is 0 Å². The zero-order valence-corrected chi connectivity index (χ0v) is 9.79. The lowest BCUT2D eigenvalue weighted by Gasteiger charge is -2.08. The fourth-order valence-electron chi connectivity index (χ4n) is 1.92. The van der Waals surface area contributed by atoms with Gasteiger partial charge in [-0.05, 0) is 48.5 Å². The second-order valence-electron chi connectivity index (χ2n) is 3.86. The molecule has 2 aromatic carbocycles. The fourth-order valence-corrected chi connectivity index (χ4v) is 1.92. The molecule has 0 amide bonds. The summed E-state index contributed by atoms with van der Waals surface area (Å²) in [7, 11) is 3.68. The topological polar surface area (TPSA) is 21.3 Å². The van der Waals surface area contributed by atoms with E-state index in [2.05, 4.69) is 35.6 Å². The van der Waals surface area contributed by atoms with Gasteiger partial charge in [-0.25, -0.2) is 0 Å². The maximum Gasteiger partial charge on any atom is 0.119 e. The highest BCUT2D eigenvalue weighted by Crippen LogP contribution is 2.24. The molecule has 0 fully saturated rings. The molecule has 0 aliphatic carbocycles. The minimum absolute atomic E-state index is 0.921. The van der Waals surface area contributed by atoms with Gasteiger partial charge in [-0.2, -0.15) is 0 Å². The lowest BCUT2D eigenvalue weighted by Crippen LogP contribution is -2.10. The van der Waals surface area contributed by atoms with Crippen LogP contribution in [0.3, 0.4) is 0 Å². The van der Waals surface area contributed by atoms with Gasteiger partial charge in [-0.15, -0.1) is 0 Å². The maximum atomic E-state index is 5.27. The highest BCUT2D eigenvalue weighted by molar-refractivity contribution is 5.87. The van der Waals surface area contributed by atoms with Crippen molar-refractivity contribution in [3.05, 3.63) is 42.0 Å². The Kier molecular flexibility index (Phi) is 3.42. The number of fused-ring (bicyclic) bond motifs is 1. The van der Waals surface area contributed by atoms with Crippen molar-refractivity contribution in [3.8, 4) is 5.75 Å². The average Bonchev–Trinajstić information content (AvgIpc) is 2.35. The van der Waals surface area contributed by atoms with E-state index in [9.17, 15) is 0 Å². The fraction of sp³-hybridized carbons (Fsp3) is 0.286. The Morgan fingerprint density at radius 1 is 1.19 bits per heavy atom. The number of ether oxygens (including phenoxy) is 1. The summed E-state index contributed by atoms with van der Waals surface area (Å²) < 4.78 is 5.27. The minimum atomic E-state index is 0.921. The molecule has 16 heavy (non-hydrogen) atoms. The predicted molar refractivity (Wildman–Crippen MR) is 68.1 cm³/mol. The van der Waals surface area contributed by atoms with Gasteiger partial charge in [-0.1, -0.05) is 24.3 Å². The van der Waals surface area contributed by atoms with E-state index < -0.39 is 0 Å². The Hall–Kier alpha value is -1.54. The molecule has 2 rings (SSSR count). The number of benzene rings is 2. The SMILES string of the molecule is CNCCc1cccc2ccc(OC)cc12. The normalized spacial score (nSPS) is 10.6. The molecular formula is C14H17NO. The molecule has 0 unspecified atom stereocenters. The molecule has 0 radical (unpaired) electrons. The lowest BCUT2D eigenvalue weighted by atomic mass is 10.0. The van der Waals surface area contributed by atoms with E-state index in [4.69, 9.17) is 4.74 Å². The summed E-state index contributed by atoms with van der Waals surface area (Å²) in [5, 5.41) is 5.74. The van der Waals surface area contributed by atoms with Crippen LogP contribution in [0.15, 0.2) is 36.4 Å². The van der Waals surface area contributed by atoms with Gasteiger partial charge >= 0.3 is 0 Å². The molecule has 0 aliphatic heterocycles. The standard InChI is InChI=1S/C14H17NO/c1-15-9-8-12-5-3-4-11-6-7-13(16-2)10-14(11)12/h3-7,10,15H,8-9H2,1-2H3. The minimum Gasteiger partial charge on any atom is -0.497 e. The monoisotopic (exact) mass is 215 g/mol. The third kappa shape index (κ3) is 2.17. The zero-order chi connectivity index (χ0) is 11.4. The summed E-state index contributed by atoms with van der Waals surface area (Å²) in [6.07, 6.45) is 1.04. The molecule has 0 aliphatic rings. The van der Waals surface area contributed by atoms with Gasteiger partial charge in [0.1, 0.15) is 5.75 Å². The van der Waals surface area contributed by atoms with Gasteiger partial charge in [0.05, 0.1) is 7.11 Å². The molecule has 0 aromatic heterocycles. The Bertz CT molecular complexity index is 479. The largest absolute Gasteiger partial charge is 0.497 e. The van der Waals surface area contributed by atoms with Crippen LogP contribution in [0.25, 0.3) is 10.8 Å². The Morgan fingerprint density at radius 3 is 2.81 bits per heavy atom. The molecule has 0 bridgehead atoms. The average molecular weight is 215 g/mol. The first kappa shape index (κ1) is 11.0. The van der Waals surface area contributed by atoms with Crippen LogP contribution in [0.2, 0.25) is 0 Å². The van der Waals surface area contributed by atoms with Gasteiger partial charge in [0.2, 0.25) is 0 Å². The van der Waals surface area contributed by atoms with Crippen molar-refractivity contribution in [2.45, 2.75) is 6.42 Å². The Labute approximate surface area is 96.2 Å². The molecule has 0 spiro atoms. The van der Waals surface area contributed by atoms with Crippen LogP contribution in [0.1, 0.15) is 5.56 Å². The summed E-state index contributed by atoms with van der Waals surface area (Å²) in [6.45, 7) is 0.996. The molecule has 0 saturated carbocycles. The Morgan fingerprint density at radius 2 is 2.06 bits per heavy atom. The van der Waals surface area contributed by atoms with Gasteiger partial charge < -0.3 is 10.1 Å². The number of hydrogen-bond donors (Lipinski definition) is 1. The van der Waals surface area contributed by atoms with Crippen LogP contribution in [0.5, 0.6) is 5.75 Å².